The zero-order valence-electron chi connectivity index (χ0n) is 15.8. The minimum absolute atomic E-state index is 0.0207. The van der Waals surface area contributed by atoms with Crippen molar-refractivity contribution >= 4 is 38.4 Å². The van der Waals surface area contributed by atoms with Crippen molar-refractivity contribution < 1.29 is 27.4 Å². The van der Waals surface area contributed by atoms with E-state index in [2.05, 4.69) is 4.99 Å². The Hall–Kier alpha value is -2.72. The van der Waals surface area contributed by atoms with Crippen LogP contribution in [0, 0.1) is 0 Å². The normalized spacial score (nSPS) is 24.8. The first-order valence-corrected chi connectivity index (χ1v) is 12.0. The van der Waals surface area contributed by atoms with E-state index >= 15 is 0 Å². The van der Waals surface area contributed by atoms with Crippen LogP contribution in [-0.4, -0.2) is 55.7 Å². The summed E-state index contributed by atoms with van der Waals surface area (Å²) in [6, 6.07) is 14.1. The molecule has 0 N–H and O–H groups in total. The molecular formula is C20H18N2O6S2. The van der Waals surface area contributed by atoms with Crippen LogP contribution < -0.4 is 19.1 Å². The van der Waals surface area contributed by atoms with Crippen molar-refractivity contribution in [1.82, 2.24) is 0 Å². The van der Waals surface area contributed by atoms with Gasteiger partial charge in [0.25, 0.3) is 5.91 Å². The average Bonchev–Trinajstić information content (AvgIpc) is 3.38. The summed E-state index contributed by atoms with van der Waals surface area (Å²) >= 11 is 1.32. The van der Waals surface area contributed by atoms with Gasteiger partial charge in [0.05, 0.1) is 17.5 Å². The summed E-state index contributed by atoms with van der Waals surface area (Å²) < 4.78 is 40.7. The molecule has 2 aromatic rings. The van der Waals surface area contributed by atoms with Gasteiger partial charge >= 0.3 is 0 Å². The maximum Gasteiger partial charge on any atom is 0.285 e. The molecule has 5 rings (SSSR count). The van der Waals surface area contributed by atoms with Gasteiger partial charge < -0.3 is 19.1 Å². The minimum atomic E-state index is -3.14. The SMILES string of the molecule is O=C(COc1ccccc1)N=C1S[C@@H]2CS(=O)(=O)C[C@H]2N1c1ccc2c(c1)OCO2. The summed E-state index contributed by atoms with van der Waals surface area (Å²) in [5.74, 6) is 1.45. The number of hydrogen-bond acceptors (Lipinski definition) is 7. The standard InChI is InChI=1S/C20H18N2O6S2/c23-19(9-26-14-4-2-1-3-5-14)21-20-22(15-10-30(24,25)11-18(15)29-20)13-6-7-16-17(8-13)28-12-27-16/h1-8,15,18H,9-12H2/t15-,18-/m1/s1. The summed E-state index contributed by atoms with van der Waals surface area (Å²) in [6.45, 7) is -0.0547. The van der Waals surface area contributed by atoms with E-state index in [1.807, 2.05) is 29.2 Å². The predicted molar refractivity (Wildman–Crippen MR) is 113 cm³/mol. The lowest BCUT2D eigenvalue weighted by Gasteiger charge is -2.24. The summed E-state index contributed by atoms with van der Waals surface area (Å²) in [6.07, 6.45) is 0. The van der Waals surface area contributed by atoms with Gasteiger partial charge in [0, 0.05) is 17.0 Å². The molecule has 8 nitrogen and oxygen atoms in total. The third kappa shape index (κ3) is 3.72. The topological polar surface area (TPSA) is 94.5 Å². The Labute approximate surface area is 177 Å². The minimum Gasteiger partial charge on any atom is -0.484 e. The van der Waals surface area contributed by atoms with Gasteiger partial charge in [-0.1, -0.05) is 30.0 Å². The van der Waals surface area contributed by atoms with E-state index in [1.165, 1.54) is 11.8 Å². The Morgan fingerprint density at radius 3 is 2.77 bits per heavy atom. The van der Waals surface area contributed by atoms with Gasteiger partial charge in [-0.25, -0.2) is 8.42 Å². The van der Waals surface area contributed by atoms with E-state index in [0.29, 0.717) is 28.1 Å². The number of thioether (sulfide) groups is 1. The highest BCUT2D eigenvalue weighted by atomic mass is 32.2. The number of anilines is 1. The van der Waals surface area contributed by atoms with Gasteiger partial charge in [-0.2, -0.15) is 4.99 Å². The molecule has 10 heteroatoms. The van der Waals surface area contributed by atoms with E-state index in [1.54, 1.807) is 24.3 Å². The number of rotatable bonds is 4. The summed E-state index contributed by atoms with van der Waals surface area (Å²) in [7, 11) is -3.14. The van der Waals surface area contributed by atoms with Crippen molar-refractivity contribution in [2.75, 3.05) is 29.8 Å². The summed E-state index contributed by atoms with van der Waals surface area (Å²) in [5.41, 5.74) is 0.715. The number of amidine groups is 1. The molecule has 3 aliphatic rings. The van der Waals surface area contributed by atoms with Crippen LogP contribution >= 0.6 is 11.8 Å². The first-order valence-electron chi connectivity index (χ1n) is 9.34. The Bertz CT molecular complexity index is 1120. The van der Waals surface area contributed by atoms with Gasteiger partial charge in [-0.05, 0) is 24.3 Å². The van der Waals surface area contributed by atoms with Gasteiger partial charge in [-0.15, -0.1) is 0 Å². The number of fused-ring (bicyclic) bond motifs is 2. The van der Waals surface area contributed by atoms with Crippen molar-refractivity contribution in [3.63, 3.8) is 0 Å². The number of aliphatic imine (C=N–C) groups is 1. The van der Waals surface area contributed by atoms with Crippen LogP contribution in [0.1, 0.15) is 0 Å². The molecule has 2 fully saturated rings. The smallest absolute Gasteiger partial charge is 0.285 e. The Kier molecular flexibility index (Phi) is 4.82. The van der Waals surface area contributed by atoms with E-state index in [4.69, 9.17) is 14.2 Å². The van der Waals surface area contributed by atoms with Crippen LogP contribution in [0.4, 0.5) is 5.69 Å². The molecule has 2 aromatic carbocycles. The number of sulfone groups is 1. The van der Waals surface area contributed by atoms with E-state index in [0.717, 1.165) is 0 Å². The Balaban J connectivity index is 1.41. The fraction of sp³-hybridized carbons (Fsp3) is 0.300. The van der Waals surface area contributed by atoms with E-state index < -0.39 is 15.7 Å². The van der Waals surface area contributed by atoms with Crippen LogP contribution in [0.25, 0.3) is 0 Å². The molecule has 0 radical (unpaired) electrons. The van der Waals surface area contributed by atoms with Gasteiger partial charge in [0.1, 0.15) is 5.75 Å². The quantitative estimate of drug-likeness (QED) is 0.705. The Morgan fingerprint density at radius 1 is 1.13 bits per heavy atom. The molecule has 3 heterocycles. The third-order valence-corrected chi connectivity index (χ3v) is 8.24. The maximum absolute atomic E-state index is 12.5. The fourth-order valence-corrected chi connectivity index (χ4v) is 7.63. The van der Waals surface area contributed by atoms with E-state index in [9.17, 15) is 13.2 Å². The number of ether oxygens (including phenoxy) is 3. The molecule has 30 heavy (non-hydrogen) atoms. The van der Waals surface area contributed by atoms with Gasteiger partial charge in [0.15, 0.2) is 33.1 Å². The van der Waals surface area contributed by atoms with Crippen LogP contribution in [-0.2, 0) is 14.6 Å². The van der Waals surface area contributed by atoms with Gasteiger partial charge in [-0.3, -0.25) is 4.79 Å². The summed E-state index contributed by atoms with van der Waals surface area (Å²) in [4.78, 5) is 18.5. The van der Waals surface area contributed by atoms with Crippen molar-refractivity contribution in [2.45, 2.75) is 11.3 Å². The first-order chi connectivity index (χ1) is 14.5. The predicted octanol–water partition coefficient (Wildman–Crippen LogP) is 2.10. The zero-order valence-corrected chi connectivity index (χ0v) is 17.4. The maximum atomic E-state index is 12.5. The second-order valence-electron chi connectivity index (χ2n) is 7.10. The highest BCUT2D eigenvalue weighted by Gasteiger charge is 2.49. The van der Waals surface area contributed by atoms with Crippen molar-refractivity contribution in [2.24, 2.45) is 4.99 Å². The summed E-state index contributed by atoms with van der Waals surface area (Å²) in [5, 5.41) is 0.294. The van der Waals surface area contributed by atoms with Crippen molar-refractivity contribution in [3.8, 4) is 17.2 Å². The highest BCUT2D eigenvalue weighted by Crippen LogP contribution is 2.43. The van der Waals surface area contributed by atoms with Crippen molar-refractivity contribution in [1.29, 1.82) is 0 Å². The number of para-hydroxylation sites is 1. The second-order valence-corrected chi connectivity index (χ2v) is 10.5. The number of amides is 1. The number of carbonyl (C=O) groups is 1. The van der Waals surface area contributed by atoms with Crippen molar-refractivity contribution in [3.05, 3.63) is 48.5 Å². The molecule has 0 bridgehead atoms. The lowest BCUT2D eigenvalue weighted by Crippen LogP contribution is -2.37. The monoisotopic (exact) mass is 446 g/mol. The molecule has 0 aliphatic carbocycles. The third-order valence-electron chi connectivity index (χ3n) is 5.03. The largest absolute Gasteiger partial charge is 0.484 e. The fourth-order valence-electron chi connectivity index (χ4n) is 3.70. The van der Waals surface area contributed by atoms with Crippen LogP contribution in [0.2, 0.25) is 0 Å². The number of nitrogens with zero attached hydrogens (tertiary/aromatic N) is 2. The number of carbonyl (C=O) groups excluding carboxylic acids is 1. The van der Waals surface area contributed by atoms with E-state index in [-0.39, 0.29) is 36.2 Å². The molecule has 0 unspecified atom stereocenters. The lowest BCUT2D eigenvalue weighted by atomic mass is 10.2. The molecule has 0 aromatic heterocycles. The van der Waals surface area contributed by atoms with Crippen LogP contribution in [0.5, 0.6) is 17.2 Å². The Morgan fingerprint density at radius 2 is 1.93 bits per heavy atom. The molecule has 0 spiro atoms. The molecule has 2 atom stereocenters. The number of hydrogen-bond donors (Lipinski definition) is 0. The van der Waals surface area contributed by atoms with Gasteiger partial charge in [0.2, 0.25) is 6.79 Å². The van der Waals surface area contributed by atoms with Crippen LogP contribution in [0.3, 0.4) is 0 Å². The lowest BCUT2D eigenvalue weighted by molar-refractivity contribution is -0.119. The molecule has 156 valence electrons. The molecule has 0 saturated carbocycles. The highest BCUT2D eigenvalue weighted by molar-refractivity contribution is 8.16. The molecular weight excluding hydrogens is 428 g/mol. The molecule has 1 amide bonds. The zero-order chi connectivity index (χ0) is 20.7. The second kappa shape index (κ2) is 7.51. The molecule has 3 aliphatic heterocycles. The first kappa shape index (κ1) is 19.3. The molecule has 2 saturated heterocycles. The average molecular weight is 447 g/mol. The van der Waals surface area contributed by atoms with Crippen LogP contribution in [0.15, 0.2) is 53.5 Å². The number of benzene rings is 2.